The molecule has 2 aromatic carbocycles. The average molecular weight is 595 g/mol. The molecule has 0 radical (unpaired) electrons. The molecule has 0 unspecified atom stereocenters. The fraction of sp³-hybridized carbons (Fsp3) is 0.545. The summed E-state index contributed by atoms with van der Waals surface area (Å²) in [7, 11) is 0. The molecular formula is C33H46N4O4S. The van der Waals surface area contributed by atoms with Crippen LogP contribution in [0, 0.1) is 0 Å². The smallest absolute Gasteiger partial charge is 0.407 e. The van der Waals surface area contributed by atoms with Crippen molar-refractivity contribution in [2.75, 3.05) is 38.5 Å². The predicted octanol–water partition coefficient (Wildman–Crippen LogP) is 4.63. The number of ether oxygens (including phenoxy) is 1. The van der Waals surface area contributed by atoms with Gasteiger partial charge in [-0.3, -0.25) is 9.59 Å². The van der Waals surface area contributed by atoms with Crippen molar-refractivity contribution in [3.8, 4) is 0 Å². The van der Waals surface area contributed by atoms with E-state index in [0.29, 0.717) is 38.8 Å². The Morgan fingerprint density at radius 3 is 2.29 bits per heavy atom. The van der Waals surface area contributed by atoms with Crippen molar-refractivity contribution in [2.45, 2.75) is 75.8 Å². The number of likely N-dealkylation sites (tertiary alicyclic amines) is 1. The summed E-state index contributed by atoms with van der Waals surface area (Å²) >= 11 is 1.82. The van der Waals surface area contributed by atoms with Gasteiger partial charge in [0.2, 0.25) is 11.8 Å². The molecule has 2 N–H and O–H groups in total. The van der Waals surface area contributed by atoms with Gasteiger partial charge in [0.05, 0.1) is 0 Å². The molecule has 2 aliphatic rings. The van der Waals surface area contributed by atoms with Crippen LogP contribution in [0.2, 0.25) is 0 Å². The Bertz CT molecular complexity index is 1160. The van der Waals surface area contributed by atoms with E-state index in [4.69, 9.17) is 4.74 Å². The van der Waals surface area contributed by atoms with E-state index >= 15 is 0 Å². The van der Waals surface area contributed by atoms with Crippen LogP contribution in [0.5, 0.6) is 0 Å². The first-order chi connectivity index (χ1) is 20.2. The summed E-state index contributed by atoms with van der Waals surface area (Å²) in [6.45, 7) is 10.2. The van der Waals surface area contributed by atoms with E-state index < -0.39 is 17.7 Å². The number of carbonyl (C=O) groups excluding carboxylic acids is 3. The highest BCUT2D eigenvalue weighted by molar-refractivity contribution is 8.00. The van der Waals surface area contributed by atoms with Crippen LogP contribution in [0.3, 0.4) is 0 Å². The van der Waals surface area contributed by atoms with Crippen LogP contribution in [0.1, 0.15) is 57.6 Å². The van der Waals surface area contributed by atoms with E-state index in [2.05, 4.69) is 60.6 Å². The number of hydrogen-bond acceptors (Lipinski definition) is 6. The Balaban J connectivity index is 1.30. The van der Waals surface area contributed by atoms with Crippen molar-refractivity contribution in [2.24, 2.45) is 0 Å². The van der Waals surface area contributed by atoms with Crippen LogP contribution in [0.25, 0.3) is 0 Å². The number of nitrogens with zero attached hydrogens (tertiary/aromatic N) is 2. The number of rotatable bonds is 12. The lowest BCUT2D eigenvalue weighted by Gasteiger charge is -2.52. The van der Waals surface area contributed by atoms with Gasteiger partial charge in [0, 0.05) is 43.2 Å². The van der Waals surface area contributed by atoms with Crippen molar-refractivity contribution in [1.82, 2.24) is 20.4 Å². The van der Waals surface area contributed by atoms with E-state index in [1.165, 1.54) is 5.56 Å². The zero-order chi connectivity index (χ0) is 30.0. The van der Waals surface area contributed by atoms with Gasteiger partial charge in [0.1, 0.15) is 18.2 Å². The third-order valence-corrected chi connectivity index (χ3v) is 9.31. The number of nitrogens with one attached hydrogen (secondary N) is 2. The number of alkyl carbamates (subject to hydrolysis) is 1. The van der Waals surface area contributed by atoms with Gasteiger partial charge in [-0.1, -0.05) is 81.4 Å². The van der Waals surface area contributed by atoms with Gasteiger partial charge in [0.15, 0.2) is 0 Å². The molecule has 2 heterocycles. The minimum absolute atomic E-state index is 0.00602. The van der Waals surface area contributed by atoms with Crippen LogP contribution >= 0.6 is 11.8 Å². The van der Waals surface area contributed by atoms with Crippen molar-refractivity contribution in [3.05, 3.63) is 71.8 Å². The van der Waals surface area contributed by atoms with Crippen molar-refractivity contribution in [1.29, 1.82) is 0 Å². The Kier molecular flexibility index (Phi) is 11.3. The molecule has 0 aromatic heterocycles. The number of piperazine rings is 1. The number of piperidine rings is 1. The minimum Gasteiger partial charge on any atom is -0.445 e. The summed E-state index contributed by atoms with van der Waals surface area (Å²) in [5.41, 5.74) is 1.43. The molecule has 9 heteroatoms. The molecule has 0 saturated carbocycles. The molecule has 3 amide bonds. The van der Waals surface area contributed by atoms with Crippen molar-refractivity contribution < 1.29 is 19.1 Å². The monoisotopic (exact) mass is 594 g/mol. The lowest BCUT2D eigenvalue weighted by molar-refractivity contribution is -0.160. The molecule has 2 saturated heterocycles. The normalized spacial score (nSPS) is 19.0. The fourth-order valence-electron chi connectivity index (χ4n) is 5.69. The number of hydrogen-bond donors (Lipinski definition) is 2. The first-order valence-corrected chi connectivity index (χ1v) is 16.1. The molecule has 228 valence electrons. The van der Waals surface area contributed by atoms with Crippen molar-refractivity contribution >= 4 is 29.7 Å². The van der Waals surface area contributed by atoms with Gasteiger partial charge in [-0.2, -0.15) is 11.8 Å². The number of amides is 3. The Morgan fingerprint density at radius 2 is 1.64 bits per heavy atom. The SMILES string of the molecule is CC(C)(C)SCCN1C(=O)[C@H](CCCNC(=O)OCc2ccccc2)NC(=O)C12CCN(CCc1ccccc1)CC2. The Morgan fingerprint density at radius 1 is 1.00 bits per heavy atom. The average Bonchev–Trinajstić information content (AvgIpc) is 2.98. The fourth-order valence-corrected chi connectivity index (χ4v) is 6.57. The van der Waals surface area contributed by atoms with Crippen molar-refractivity contribution in [3.63, 3.8) is 0 Å². The van der Waals surface area contributed by atoms with Crippen LogP contribution in [-0.2, 0) is 27.4 Å². The van der Waals surface area contributed by atoms with E-state index in [1.54, 1.807) is 0 Å². The van der Waals surface area contributed by atoms with Gasteiger partial charge in [-0.05, 0) is 43.2 Å². The molecule has 1 spiro atoms. The lowest BCUT2D eigenvalue weighted by Crippen LogP contribution is -2.73. The van der Waals surface area contributed by atoms with E-state index in [9.17, 15) is 14.4 Å². The maximum Gasteiger partial charge on any atom is 0.407 e. The van der Waals surface area contributed by atoms with E-state index in [1.807, 2.05) is 53.1 Å². The molecule has 0 aliphatic carbocycles. The maximum absolute atomic E-state index is 13.9. The molecule has 42 heavy (non-hydrogen) atoms. The molecule has 4 rings (SSSR count). The molecule has 2 fully saturated rings. The van der Waals surface area contributed by atoms with Crippen LogP contribution in [0.4, 0.5) is 4.79 Å². The zero-order valence-corrected chi connectivity index (χ0v) is 26.1. The highest BCUT2D eigenvalue weighted by atomic mass is 32.2. The molecule has 0 bridgehead atoms. The highest BCUT2D eigenvalue weighted by Crippen LogP contribution is 2.34. The summed E-state index contributed by atoms with van der Waals surface area (Å²) in [5, 5.41) is 5.83. The maximum atomic E-state index is 13.9. The quantitative estimate of drug-likeness (QED) is 0.349. The third kappa shape index (κ3) is 8.98. The van der Waals surface area contributed by atoms with E-state index in [0.717, 1.165) is 37.4 Å². The Hall–Kier alpha value is -3.04. The number of carbonyl (C=O) groups is 3. The summed E-state index contributed by atoms with van der Waals surface area (Å²) in [5.74, 6) is 0.739. The largest absolute Gasteiger partial charge is 0.445 e. The Labute approximate surface area is 254 Å². The second kappa shape index (κ2) is 14.9. The standard InChI is InChI=1S/C33H46N4O4S/c1-32(2,3)42-24-23-37-29(38)28(15-10-19-34-31(40)41-25-27-13-8-5-9-14-27)35-30(39)33(37)17-21-36(22-18-33)20-16-26-11-6-4-7-12-26/h4-9,11-14,28H,10,15-25H2,1-3H3,(H,34,40)(H,35,39)/t28-/m0/s1. The molecule has 2 aliphatic heterocycles. The summed E-state index contributed by atoms with van der Waals surface area (Å²) < 4.78 is 5.35. The second-order valence-electron chi connectivity index (χ2n) is 12.2. The van der Waals surface area contributed by atoms with Crippen LogP contribution in [-0.4, -0.2) is 82.5 Å². The highest BCUT2D eigenvalue weighted by Gasteiger charge is 2.53. The molecule has 2 aromatic rings. The third-order valence-electron chi connectivity index (χ3n) is 8.05. The summed E-state index contributed by atoms with van der Waals surface area (Å²) in [4.78, 5) is 44.0. The van der Waals surface area contributed by atoms with Gasteiger partial charge in [0.25, 0.3) is 0 Å². The van der Waals surface area contributed by atoms with Crippen LogP contribution in [0.15, 0.2) is 60.7 Å². The molecular weight excluding hydrogens is 548 g/mol. The lowest BCUT2D eigenvalue weighted by atomic mass is 9.81. The van der Waals surface area contributed by atoms with Gasteiger partial charge in [-0.15, -0.1) is 0 Å². The predicted molar refractivity (Wildman–Crippen MR) is 168 cm³/mol. The van der Waals surface area contributed by atoms with Gasteiger partial charge < -0.3 is 25.2 Å². The summed E-state index contributed by atoms with van der Waals surface area (Å²) in [6, 6.07) is 19.4. The number of thioether (sulfide) groups is 1. The van der Waals surface area contributed by atoms with Gasteiger partial charge >= 0.3 is 6.09 Å². The second-order valence-corrected chi connectivity index (χ2v) is 14.1. The van der Waals surface area contributed by atoms with Gasteiger partial charge in [-0.25, -0.2) is 4.79 Å². The first kappa shape index (κ1) is 31.9. The summed E-state index contributed by atoms with van der Waals surface area (Å²) in [6.07, 6.45) is 2.79. The topological polar surface area (TPSA) is 91.0 Å². The molecule has 1 atom stereocenters. The zero-order valence-electron chi connectivity index (χ0n) is 25.3. The first-order valence-electron chi connectivity index (χ1n) is 15.1. The van der Waals surface area contributed by atoms with E-state index in [-0.39, 0.29) is 23.2 Å². The number of benzene rings is 2. The minimum atomic E-state index is -0.797. The van der Waals surface area contributed by atoms with Crippen LogP contribution < -0.4 is 10.6 Å². The molecule has 8 nitrogen and oxygen atoms in total.